The topological polar surface area (TPSA) is 86.0 Å². The molecular weight excluding hydrogens is 288 g/mol. The molecule has 22 heavy (non-hydrogen) atoms. The fourth-order valence-electron chi connectivity index (χ4n) is 3.56. The number of furan rings is 1. The molecule has 118 valence electrons. The van der Waals surface area contributed by atoms with Crippen molar-refractivity contribution < 1.29 is 28.6 Å². The number of hydrogen-bond acceptors (Lipinski definition) is 6. The molecular formula is C16H18O6. The van der Waals surface area contributed by atoms with Crippen molar-refractivity contribution in [3.05, 3.63) is 35.3 Å². The third-order valence-corrected chi connectivity index (χ3v) is 4.67. The molecule has 1 N–H and O–H groups in total. The van der Waals surface area contributed by atoms with E-state index in [-0.39, 0.29) is 6.42 Å². The number of fused-ring (bicyclic) bond motifs is 1. The Kier molecular flexibility index (Phi) is 3.36. The molecule has 4 atom stereocenters. The molecule has 6 heteroatoms. The van der Waals surface area contributed by atoms with Gasteiger partial charge in [-0.25, -0.2) is 4.79 Å². The summed E-state index contributed by atoms with van der Waals surface area (Å²) in [6.45, 7) is 4.85. The second-order valence-corrected chi connectivity index (χ2v) is 6.03. The number of carbonyl (C=O) groups excluding carboxylic acids is 2. The zero-order valence-corrected chi connectivity index (χ0v) is 12.7. The van der Waals surface area contributed by atoms with Crippen molar-refractivity contribution in [2.45, 2.75) is 45.5 Å². The molecule has 0 amide bonds. The van der Waals surface area contributed by atoms with Gasteiger partial charge in [0, 0.05) is 18.9 Å². The van der Waals surface area contributed by atoms with E-state index < -0.39 is 35.7 Å². The van der Waals surface area contributed by atoms with Gasteiger partial charge in [-0.15, -0.1) is 0 Å². The van der Waals surface area contributed by atoms with Crippen molar-refractivity contribution >= 4 is 11.9 Å². The number of rotatable bonds is 2. The second kappa shape index (κ2) is 4.98. The average molecular weight is 306 g/mol. The highest BCUT2D eigenvalue weighted by molar-refractivity contribution is 5.94. The smallest absolute Gasteiger partial charge is 0.335 e. The minimum absolute atomic E-state index is 0.233. The summed E-state index contributed by atoms with van der Waals surface area (Å²) in [5.74, 6) is -0.940. The first-order chi connectivity index (χ1) is 10.4. The van der Waals surface area contributed by atoms with E-state index in [1.807, 2.05) is 6.92 Å². The molecule has 1 saturated heterocycles. The number of aliphatic hydroxyl groups excluding tert-OH is 1. The quantitative estimate of drug-likeness (QED) is 0.840. The lowest BCUT2D eigenvalue weighted by atomic mass is 9.65. The zero-order chi connectivity index (χ0) is 16.1. The van der Waals surface area contributed by atoms with Crippen LogP contribution in [0.4, 0.5) is 0 Å². The van der Waals surface area contributed by atoms with E-state index in [1.54, 1.807) is 13.0 Å². The Balaban J connectivity index is 2.14. The van der Waals surface area contributed by atoms with Crippen LogP contribution in [0, 0.1) is 5.41 Å². The maximum absolute atomic E-state index is 12.3. The maximum atomic E-state index is 12.3. The molecule has 4 unspecified atom stereocenters. The van der Waals surface area contributed by atoms with E-state index in [0.717, 1.165) is 0 Å². The Morgan fingerprint density at radius 3 is 2.82 bits per heavy atom. The van der Waals surface area contributed by atoms with Crippen molar-refractivity contribution in [1.82, 2.24) is 0 Å². The number of esters is 2. The Labute approximate surface area is 127 Å². The minimum atomic E-state index is -0.851. The molecule has 2 aliphatic rings. The lowest BCUT2D eigenvalue weighted by molar-refractivity contribution is -0.158. The van der Waals surface area contributed by atoms with E-state index in [9.17, 15) is 14.7 Å². The summed E-state index contributed by atoms with van der Waals surface area (Å²) in [5, 5.41) is 10.2. The van der Waals surface area contributed by atoms with Crippen LogP contribution in [0.5, 0.6) is 0 Å². The van der Waals surface area contributed by atoms with E-state index in [1.165, 1.54) is 19.5 Å². The van der Waals surface area contributed by atoms with Gasteiger partial charge in [0.2, 0.25) is 0 Å². The predicted octanol–water partition coefficient (Wildman–Crippen LogP) is 1.90. The summed E-state index contributed by atoms with van der Waals surface area (Å²) < 4.78 is 16.0. The standard InChI is InChI=1S/C16H18O6/c1-8-11(18)6-12(21-9(2)17)16(3)13(8)15(19)22-14(16)10-4-5-20-7-10/h4-5,7,11-12,14,18H,6H2,1-3H3. The zero-order valence-electron chi connectivity index (χ0n) is 12.7. The molecule has 1 aliphatic heterocycles. The summed E-state index contributed by atoms with van der Waals surface area (Å²) in [7, 11) is 0. The van der Waals surface area contributed by atoms with Crippen molar-refractivity contribution in [3.8, 4) is 0 Å². The lowest BCUT2D eigenvalue weighted by Crippen LogP contribution is -2.46. The molecule has 1 aromatic heterocycles. The minimum Gasteiger partial charge on any atom is -0.472 e. The summed E-state index contributed by atoms with van der Waals surface area (Å²) in [4.78, 5) is 23.8. The molecule has 0 spiro atoms. The van der Waals surface area contributed by atoms with Crippen LogP contribution in [-0.4, -0.2) is 29.3 Å². The van der Waals surface area contributed by atoms with Crippen LogP contribution in [0.1, 0.15) is 38.9 Å². The number of ether oxygens (including phenoxy) is 2. The van der Waals surface area contributed by atoms with Gasteiger partial charge in [0.05, 0.1) is 29.6 Å². The molecule has 1 aliphatic carbocycles. The average Bonchev–Trinajstić information content (AvgIpc) is 3.03. The van der Waals surface area contributed by atoms with Gasteiger partial charge >= 0.3 is 11.9 Å². The van der Waals surface area contributed by atoms with Crippen LogP contribution < -0.4 is 0 Å². The fourth-order valence-corrected chi connectivity index (χ4v) is 3.56. The van der Waals surface area contributed by atoms with Crippen molar-refractivity contribution in [3.63, 3.8) is 0 Å². The van der Waals surface area contributed by atoms with Crippen molar-refractivity contribution in [2.75, 3.05) is 0 Å². The lowest BCUT2D eigenvalue weighted by Gasteiger charge is -2.41. The third-order valence-electron chi connectivity index (χ3n) is 4.67. The van der Waals surface area contributed by atoms with Crippen LogP contribution in [0.25, 0.3) is 0 Å². The summed E-state index contributed by atoms with van der Waals surface area (Å²) in [6.07, 6.45) is 1.15. The van der Waals surface area contributed by atoms with Crippen LogP contribution in [0.3, 0.4) is 0 Å². The first kappa shape index (κ1) is 14.8. The summed E-state index contributed by atoms with van der Waals surface area (Å²) >= 11 is 0. The monoisotopic (exact) mass is 306 g/mol. The number of carbonyl (C=O) groups is 2. The molecule has 1 aromatic rings. The van der Waals surface area contributed by atoms with Gasteiger partial charge in [-0.3, -0.25) is 4.79 Å². The summed E-state index contributed by atoms with van der Waals surface area (Å²) in [5.41, 5.74) is 0.813. The van der Waals surface area contributed by atoms with E-state index >= 15 is 0 Å². The maximum Gasteiger partial charge on any atom is 0.335 e. The SMILES string of the molecule is CC(=O)OC1CC(O)C(C)=C2C(=O)OC(c3ccoc3)C21C. The highest BCUT2D eigenvalue weighted by Crippen LogP contribution is 2.56. The van der Waals surface area contributed by atoms with Gasteiger partial charge in [0.15, 0.2) is 0 Å². The van der Waals surface area contributed by atoms with E-state index in [2.05, 4.69) is 0 Å². The second-order valence-electron chi connectivity index (χ2n) is 6.03. The molecule has 3 rings (SSSR count). The number of cyclic esters (lactones) is 1. The van der Waals surface area contributed by atoms with Crippen LogP contribution in [-0.2, 0) is 19.1 Å². The number of aliphatic hydroxyl groups is 1. The normalized spacial score (nSPS) is 34.4. The fraction of sp³-hybridized carbons (Fsp3) is 0.500. The Hall–Kier alpha value is -2.08. The van der Waals surface area contributed by atoms with E-state index in [4.69, 9.17) is 13.9 Å². The number of hydrogen-bond donors (Lipinski definition) is 1. The molecule has 0 aromatic carbocycles. The Morgan fingerprint density at radius 2 is 2.23 bits per heavy atom. The van der Waals surface area contributed by atoms with Gasteiger partial charge < -0.3 is 19.0 Å². The highest BCUT2D eigenvalue weighted by atomic mass is 16.6. The van der Waals surface area contributed by atoms with Gasteiger partial charge in [0.1, 0.15) is 12.2 Å². The van der Waals surface area contributed by atoms with Crippen LogP contribution in [0.15, 0.2) is 34.2 Å². The van der Waals surface area contributed by atoms with Crippen molar-refractivity contribution in [2.24, 2.45) is 5.41 Å². The molecule has 1 fully saturated rings. The van der Waals surface area contributed by atoms with Crippen LogP contribution >= 0.6 is 0 Å². The first-order valence-electron chi connectivity index (χ1n) is 7.15. The molecule has 2 heterocycles. The molecule has 0 saturated carbocycles. The highest BCUT2D eigenvalue weighted by Gasteiger charge is 2.60. The van der Waals surface area contributed by atoms with E-state index in [0.29, 0.717) is 16.7 Å². The Bertz CT molecular complexity index is 644. The first-order valence-corrected chi connectivity index (χ1v) is 7.15. The van der Waals surface area contributed by atoms with Crippen LogP contribution in [0.2, 0.25) is 0 Å². The molecule has 0 radical (unpaired) electrons. The van der Waals surface area contributed by atoms with Gasteiger partial charge in [0.25, 0.3) is 0 Å². The van der Waals surface area contributed by atoms with Gasteiger partial charge in [-0.2, -0.15) is 0 Å². The largest absolute Gasteiger partial charge is 0.472 e. The Morgan fingerprint density at radius 1 is 1.50 bits per heavy atom. The molecule has 6 nitrogen and oxygen atoms in total. The summed E-state index contributed by atoms with van der Waals surface area (Å²) in [6, 6.07) is 1.72. The van der Waals surface area contributed by atoms with Crippen molar-refractivity contribution in [1.29, 1.82) is 0 Å². The third kappa shape index (κ3) is 1.98. The van der Waals surface area contributed by atoms with Gasteiger partial charge in [-0.1, -0.05) is 0 Å². The predicted molar refractivity (Wildman–Crippen MR) is 74.5 cm³/mol. The molecule has 0 bridgehead atoms. The van der Waals surface area contributed by atoms with Gasteiger partial charge in [-0.05, 0) is 25.5 Å².